The molecule has 0 aromatic heterocycles. The van der Waals surface area contributed by atoms with Crippen molar-refractivity contribution in [3.63, 3.8) is 0 Å². The molecule has 0 aliphatic rings. The lowest BCUT2D eigenvalue weighted by Gasteiger charge is -2.13. The Labute approximate surface area is 112 Å². The highest BCUT2D eigenvalue weighted by Crippen LogP contribution is 2.29. The van der Waals surface area contributed by atoms with Crippen LogP contribution in [-0.2, 0) is 12.6 Å². The summed E-state index contributed by atoms with van der Waals surface area (Å²) >= 11 is 0. The maximum Gasteiger partial charge on any atom is 0.416 e. The molecule has 1 aromatic carbocycles. The molecular formula is C14H22F3NO. The van der Waals surface area contributed by atoms with Crippen LogP contribution in [0.3, 0.4) is 0 Å². The van der Waals surface area contributed by atoms with Crippen molar-refractivity contribution in [3.8, 4) is 0 Å². The molecule has 0 bridgehead atoms. The van der Waals surface area contributed by atoms with E-state index in [9.17, 15) is 13.2 Å². The van der Waals surface area contributed by atoms with Crippen LogP contribution in [0, 0.1) is 0 Å². The molecule has 1 aromatic rings. The van der Waals surface area contributed by atoms with E-state index in [-0.39, 0.29) is 12.6 Å². The fraction of sp³-hybridized carbons (Fsp3) is 0.571. The summed E-state index contributed by atoms with van der Waals surface area (Å²) < 4.78 is 37.3. The Morgan fingerprint density at radius 2 is 1.84 bits per heavy atom. The average molecular weight is 277 g/mol. The Balaban J connectivity index is 0.000000982. The SMILES string of the molecule is CCNC(C)Cc1cccc(C(F)(F)F)c1.CCO. The molecule has 1 unspecified atom stereocenters. The van der Waals surface area contributed by atoms with Crippen LogP contribution in [0.4, 0.5) is 13.2 Å². The monoisotopic (exact) mass is 277 g/mol. The molecular weight excluding hydrogens is 255 g/mol. The molecule has 0 amide bonds. The first-order chi connectivity index (χ1) is 8.85. The van der Waals surface area contributed by atoms with Gasteiger partial charge >= 0.3 is 6.18 Å². The molecule has 0 aliphatic carbocycles. The van der Waals surface area contributed by atoms with E-state index in [0.29, 0.717) is 12.0 Å². The van der Waals surface area contributed by atoms with Crippen molar-refractivity contribution in [1.82, 2.24) is 5.32 Å². The number of hydrogen-bond acceptors (Lipinski definition) is 2. The van der Waals surface area contributed by atoms with Gasteiger partial charge in [-0.1, -0.05) is 25.1 Å². The fourth-order valence-corrected chi connectivity index (χ4v) is 1.65. The van der Waals surface area contributed by atoms with Crippen molar-refractivity contribution in [2.45, 2.75) is 39.4 Å². The number of benzene rings is 1. The molecule has 2 nitrogen and oxygen atoms in total. The van der Waals surface area contributed by atoms with Crippen molar-refractivity contribution in [2.24, 2.45) is 0 Å². The van der Waals surface area contributed by atoms with Gasteiger partial charge in [0.05, 0.1) is 5.56 Å². The molecule has 0 saturated heterocycles. The molecule has 5 heteroatoms. The minimum Gasteiger partial charge on any atom is -0.397 e. The lowest BCUT2D eigenvalue weighted by atomic mass is 10.0. The summed E-state index contributed by atoms with van der Waals surface area (Å²) in [4.78, 5) is 0. The molecule has 0 saturated carbocycles. The predicted octanol–water partition coefficient (Wildman–Crippen LogP) is 3.24. The molecule has 19 heavy (non-hydrogen) atoms. The maximum atomic E-state index is 12.4. The summed E-state index contributed by atoms with van der Waals surface area (Å²) in [6, 6.07) is 5.68. The smallest absolute Gasteiger partial charge is 0.397 e. The Hall–Kier alpha value is -1.07. The second-order valence-corrected chi connectivity index (χ2v) is 4.18. The first-order valence-electron chi connectivity index (χ1n) is 6.35. The van der Waals surface area contributed by atoms with Gasteiger partial charge in [0.25, 0.3) is 0 Å². The van der Waals surface area contributed by atoms with Gasteiger partial charge in [0.1, 0.15) is 0 Å². The number of nitrogens with one attached hydrogen (secondary N) is 1. The van der Waals surface area contributed by atoms with E-state index in [1.807, 2.05) is 13.8 Å². The zero-order valence-electron chi connectivity index (χ0n) is 11.6. The third-order valence-electron chi connectivity index (χ3n) is 2.35. The van der Waals surface area contributed by atoms with Gasteiger partial charge in [0.15, 0.2) is 0 Å². The van der Waals surface area contributed by atoms with Gasteiger partial charge in [-0.2, -0.15) is 13.2 Å². The molecule has 0 aliphatic heterocycles. The van der Waals surface area contributed by atoms with Crippen molar-refractivity contribution < 1.29 is 18.3 Å². The third-order valence-corrected chi connectivity index (χ3v) is 2.35. The second-order valence-electron chi connectivity index (χ2n) is 4.18. The minimum absolute atomic E-state index is 0.188. The van der Waals surface area contributed by atoms with E-state index in [1.165, 1.54) is 12.1 Å². The molecule has 0 fully saturated rings. The molecule has 2 N–H and O–H groups in total. The number of aliphatic hydroxyl groups is 1. The highest BCUT2D eigenvalue weighted by molar-refractivity contribution is 5.26. The van der Waals surface area contributed by atoms with E-state index in [4.69, 9.17) is 5.11 Å². The van der Waals surface area contributed by atoms with Gasteiger partial charge in [0.2, 0.25) is 0 Å². The molecule has 110 valence electrons. The predicted molar refractivity (Wildman–Crippen MR) is 71.0 cm³/mol. The van der Waals surface area contributed by atoms with Crippen LogP contribution < -0.4 is 5.32 Å². The van der Waals surface area contributed by atoms with Crippen molar-refractivity contribution in [2.75, 3.05) is 13.2 Å². The van der Waals surface area contributed by atoms with Crippen LogP contribution in [0.1, 0.15) is 31.9 Å². The van der Waals surface area contributed by atoms with Gasteiger partial charge in [-0.3, -0.25) is 0 Å². The van der Waals surface area contributed by atoms with Gasteiger partial charge in [-0.05, 0) is 38.4 Å². The number of hydrogen-bond donors (Lipinski definition) is 2. The Bertz CT molecular complexity index is 353. The zero-order chi connectivity index (χ0) is 14.9. The number of rotatable bonds is 4. The van der Waals surface area contributed by atoms with Crippen molar-refractivity contribution >= 4 is 0 Å². The third kappa shape index (κ3) is 7.85. The van der Waals surface area contributed by atoms with Crippen LogP contribution in [0.15, 0.2) is 24.3 Å². The Morgan fingerprint density at radius 3 is 2.32 bits per heavy atom. The standard InChI is InChI=1S/C12H16F3N.C2H6O/c1-3-16-9(2)7-10-5-4-6-11(8-10)12(13,14)15;1-2-3/h4-6,8-9,16H,3,7H2,1-2H3;3H,2H2,1H3. The highest BCUT2D eigenvalue weighted by Gasteiger charge is 2.30. The summed E-state index contributed by atoms with van der Waals surface area (Å²) in [6.45, 7) is 6.69. The van der Waals surface area contributed by atoms with Crippen LogP contribution >= 0.6 is 0 Å². The van der Waals surface area contributed by atoms with Gasteiger partial charge in [0, 0.05) is 12.6 Å². The van der Waals surface area contributed by atoms with E-state index in [0.717, 1.165) is 12.6 Å². The molecule has 0 radical (unpaired) electrons. The fourth-order valence-electron chi connectivity index (χ4n) is 1.65. The summed E-state index contributed by atoms with van der Waals surface area (Å²) in [6.07, 6.45) is -3.64. The topological polar surface area (TPSA) is 32.3 Å². The van der Waals surface area contributed by atoms with Crippen molar-refractivity contribution in [1.29, 1.82) is 0 Å². The summed E-state index contributed by atoms with van der Waals surface area (Å²) in [5.74, 6) is 0. The van der Waals surface area contributed by atoms with E-state index >= 15 is 0 Å². The van der Waals surface area contributed by atoms with E-state index in [1.54, 1.807) is 13.0 Å². The van der Waals surface area contributed by atoms with Crippen LogP contribution in [0.2, 0.25) is 0 Å². The molecule has 0 heterocycles. The lowest BCUT2D eigenvalue weighted by Crippen LogP contribution is -2.27. The van der Waals surface area contributed by atoms with Gasteiger partial charge < -0.3 is 10.4 Å². The summed E-state index contributed by atoms with van der Waals surface area (Å²) in [7, 11) is 0. The number of alkyl halides is 3. The van der Waals surface area contributed by atoms with Crippen LogP contribution in [-0.4, -0.2) is 24.3 Å². The van der Waals surface area contributed by atoms with Gasteiger partial charge in [-0.15, -0.1) is 0 Å². The first-order valence-corrected chi connectivity index (χ1v) is 6.35. The average Bonchev–Trinajstić information content (AvgIpc) is 2.29. The zero-order valence-corrected chi connectivity index (χ0v) is 11.6. The minimum atomic E-state index is -4.25. The lowest BCUT2D eigenvalue weighted by molar-refractivity contribution is -0.137. The normalized spacial score (nSPS) is 12.6. The van der Waals surface area contributed by atoms with Crippen LogP contribution in [0.25, 0.3) is 0 Å². The highest BCUT2D eigenvalue weighted by atomic mass is 19.4. The van der Waals surface area contributed by atoms with Crippen molar-refractivity contribution in [3.05, 3.63) is 35.4 Å². The molecule has 0 spiro atoms. The Kier molecular flexibility index (Phi) is 8.43. The largest absolute Gasteiger partial charge is 0.416 e. The first kappa shape index (κ1) is 17.9. The number of halogens is 3. The quantitative estimate of drug-likeness (QED) is 0.885. The summed E-state index contributed by atoms with van der Waals surface area (Å²) in [5, 5.41) is 10.7. The van der Waals surface area contributed by atoms with E-state index < -0.39 is 11.7 Å². The molecule has 1 atom stereocenters. The maximum absolute atomic E-state index is 12.4. The Morgan fingerprint density at radius 1 is 1.26 bits per heavy atom. The summed E-state index contributed by atoms with van der Waals surface area (Å²) in [5.41, 5.74) is 0.136. The number of likely N-dealkylation sites (N-methyl/N-ethyl adjacent to an activating group) is 1. The molecule has 1 rings (SSSR count). The van der Waals surface area contributed by atoms with Gasteiger partial charge in [-0.25, -0.2) is 0 Å². The van der Waals surface area contributed by atoms with E-state index in [2.05, 4.69) is 5.32 Å². The van der Waals surface area contributed by atoms with Crippen LogP contribution in [0.5, 0.6) is 0 Å². The number of aliphatic hydroxyl groups excluding tert-OH is 1. The second kappa shape index (κ2) is 8.93.